The number of benzene rings is 1. The van der Waals surface area contributed by atoms with Crippen molar-refractivity contribution in [2.75, 3.05) is 13.7 Å². The highest BCUT2D eigenvalue weighted by Crippen LogP contribution is 2.39. The number of carbonyl (C=O) groups excluding carboxylic acids is 1. The lowest BCUT2D eigenvalue weighted by Crippen LogP contribution is -2.23. The Hall–Kier alpha value is -2.08. The minimum absolute atomic E-state index is 0.258. The van der Waals surface area contributed by atoms with E-state index in [1.165, 1.54) is 7.11 Å². The number of para-hydroxylation sites is 1. The summed E-state index contributed by atoms with van der Waals surface area (Å²) in [6.45, 7) is 0.314. The summed E-state index contributed by atoms with van der Waals surface area (Å²) in [6, 6.07) is 7.19. The Morgan fingerprint density at radius 3 is 3.09 bits per heavy atom. The van der Waals surface area contributed by atoms with Crippen LogP contribution in [0.5, 0.6) is 11.5 Å². The third kappa shape index (κ3) is 2.78. The number of carbonyl (C=O) groups is 1. The third-order valence-electron chi connectivity index (χ3n) is 3.37. The molecule has 2 heterocycles. The van der Waals surface area contributed by atoms with Crippen molar-refractivity contribution in [2.24, 2.45) is 0 Å². The van der Waals surface area contributed by atoms with Gasteiger partial charge >= 0.3 is 5.97 Å². The van der Waals surface area contributed by atoms with Gasteiger partial charge in [0.1, 0.15) is 12.2 Å². The Morgan fingerprint density at radius 1 is 1.45 bits per heavy atom. The second-order valence-corrected chi connectivity index (χ2v) is 5.36. The first kappa shape index (κ1) is 14.8. The molecule has 0 fully saturated rings. The summed E-state index contributed by atoms with van der Waals surface area (Å²) in [5.74, 6) is 0.514. The van der Waals surface area contributed by atoms with E-state index in [1.807, 2.05) is 6.07 Å². The molecule has 0 bridgehead atoms. The van der Waals surface area contributed by atoms with E-state index in [1.54, 1.807) is 30.6 Å². The molecule has 114 valence electrons. The van der Waals surface area contributed by atoms with E-state index >= 15 is 0 Å². The molecule has 6 heteroatoms. The van der Waals surface area contributed by atoms with Crippen LogP contribution in [0.3, 0.4) is 0 Å². The number of rotatable bonds is 3. The van der Waals surface area contributed by atoms with E-state index in [9.17, 15) is 4.79 Å². The van der Waals surface area contributed by atoms with E-state index in [0.29, 0.717) is 23.7 Å². The van der Waals surface area contributed by atoms with E-state index in [0.717, 1.165) is 16.5 Å². The summed E-state index contributed by atoms with van der Waals surface area (Å²) in [7, 11) is 1.34. The maximum atomic E-state index is 11.7. The van der Waals surface area contributed by atoms with Crippen LogP contribution in [-0.4, -0.2) is 24.7 Å². The van der Waals surface area contributed by atoms with Gasteiger partial charge in [-0.2, -0.15) is 0 Å². The van der Waals surface area contributed by atoms with Crippen molar-refractivity contribution in [3.63, 3.8) is 0 Å². The molecule has 5 nitrogen and oxygen atoms in total. The number of halogens is 1. The van der Waals surface area contributed by atoms with E-state index in [-0.39, 0.29) is 6.10 Å². The van der Waals surface area contributed by atoms with Gasteiger partial charge < -0.3 is 14.2 Å². The van der Waals surface area contributed by atoms with Crippen LogP contribution < -0.4 is 9.47 Å². The van der Waals surface area contributed by atoms with Gasteiger partial charge in [0, 0.05) is 23.3 Å². The zero-order valence-corrected chi connectivity index (χ0v) is 13.5. The molecule has 0 saturated carbocycles. The molecule has 0 radical (unpaired) electrons. The Kier molecular flexibility index (Phi) is 4.29. The van der Waals surface area contributed by atoms with Crippen molar-refractivity contribution in [2.45, 2.75) is 11.4 Å². The standard InChI is InChI=1S/C16H14BrNO4/c1-20-16(19)12-3-2-4-13-15(12)21-9-14(22-13)11-5-10(6-17)7-18-8-11/h2-5,7-8,14H,6,9H2,1H3. The van der Waals surface area contributed by atoms with Gasteiger partial charge in [0.05, 0.1) is 7.11 Å². The van der Waals surface area contributed by atoms with E-state index in [2.05, 4.69) is 20.9 Å². The fraction of sp³-hybridized carbons (Fsp3) is 0.250. The van der Waals surface area contributed by atoms with Crippen LogP contribution in [-0.2, 0) is 10.1 Å². The third-order valence-corrected chi connectivity index (χ3v) is 4.02. The Morgan fingerprint density at radius 2 is 2.32 bits per heavy atom. The Balaban J connectivity index is 1.89. The number of esters is 1. The number of aromatic nitrogens is 1. The van der Waals surface area contributed by atoms with Gasteiger partial charge in [-0.05, 0) is 23.8 Å². The van der Waals surface area contributed by atoms with Gasteiger partial charge in [-0.1, -0.05) is 22.0 Å². The predicted molar refractivity (Wildman–Crippen MR) is 83.5 cm³/mol. The molecule has 22 heavy (non-hydrogen) atoms. The molecule has 3 rings (SSSR count). The van der Waals surface area contributed by atoms with Crippen LogP contribution in [0.2, 0.25) is 0 Å². The molecule has 0 amide bonds. The van der Waals surface area contributed by atoms with Crippen LogP contribution >= 0.6 is 15.9 Å². The molecule has 0 spiro atoms. The number of hydrogen-bond acceptors (Lipinski definition) is 5. The molecule has 1 atom stereocenters. The zero-order chi connectivity index (χ0) is 15.5. The number of alkyl halides is 1. The van der Waals surface area contributed by atoms with E-state index in [4.69, 9.17) is 14.2 Å². The van der Waals surface area contributed by atoms with Crippen molar-refractivity contribution in [3.05, 3.63) is 53.3 Å². The van der Waals surface area contributed by atoms with Gasteiger partial charge in [-0.3, -0.25) is 4.98 Å². The van der Waals surface area contributed by atoms with Crippen molar-refractivity contribution in [3.8, 4) is 11.5 Å². The van der Waals surface area contributed by atoms with Crippen molar-refractivity contribution < 1.29 is 19.0 Å². The normalized spacial score (nSPS) is 16.2. The SMILES string of the molecule is COC(=O)c1cccc2c1OCC(c1cncc(CBr)c1)O2. The molecular weight excluding hydrogens is 350 g/mol. The maximum Gasteiger partial charge on any atom is 0.341 e. The predicted octanol–water partition coefficient (Wildman–Crippen LogP) is 3.28. The fourth-order valence-electron chi connectivity index (χ4n) is 2.30. The average molecular weight is 364 g/mol. The van der Waals surface area contributed by atoms with Crippen LogP contribution in [0, 0.1) is 0 Å². The summed E-state index contributed by atoms with van der Waals surface area (Å²) in [4.78, 5) is 16.0. The van der Waals surface area contributed by atoms with Crippen LogP contribution in [0.4, 0.5) is 0 Å². The van der Waals surface area contributed by atoms with E-state index < -0.39 is 5.97 Å². The summed E-state index contributed by atoms with van der Waals surface area (Å²) < 4.78 is 16.5. The van der Waals surface area contributed by atoms with Gasteiger partial charge in [0.2, 0.25) is 0 Å². The fourth-order valence-corrected chi connectivity index (χ4v) is 2.60. The first-order chi connectivity index (χ1) is 10.7. The Labute approximate surface area is 136 Å². The molecule has 1 aromatic heterocycles. The second-order valence-electron chi connectivity index (χ2n) is 4.80. The van der Waals surface area contributed by atoms with Crippen molar-refractivity contribution in [1.82, 2.24) is 4.98 Å². The van der Waals surface area contributed by atoms with Gasteiger partial charge in [-0.25, -0.2) is 4.79 Å². The summed E-state index contributed by atoms with van der Waals surface area (Å²) in [5.41, 5.74) is 2.37. The maximum absolute atomic E-state index is 11.7. The minimum Gasteiger partial charge on any atom is -0.485 e. The molecule has 1 unspecified atom stereocenters. The molecule has 2 aromatic rings. The molecule has 1 aliphatic rings. The monoisotopic (exact) mass is 363 g/mol. The lowest BCUT2D eigenvalue weighted by Gasteiger charge is -2.27. The van der Waals surface area contributed by atoms with Crippen molar-refractivity contribution >= 4 is 21.9 Å². The molecule has 0 saturated heterocycles. The topological polar surface area (TPSA) is 57.7 Å². The average Bonchev–Trinajstić information content (AvgIpc) is 2.60. The largest absolute Gasteiger partial charge is 0.485 e. The number of nitrogens with zero attached hydrogens (tertiary/aromatic N) is 1. The number of hydrogen-bond donors (Lipinski definition) is 0. The number of pyridine rings is 1. The highest BCUT2D eigenvalue weighted by molar-refractivity contribution is 9.08. The van der Waals surface area contributed by atoms with Gasteiger partial charge in [0.15, 0.2) is 17.6 Å². The molecular formula is C16H14BrNO4. The minimum atomic E-state index is -0.443. The number of methoxy groups -OCH3 is 1. The lowest BCUT2D eigenvalue weighted by molar-refractivity contribution is 0.0572. The summed E-state index contributed by atoms with van der Waals surface area (Å²) in [6.07, 6.45) is 3.30. The van der Waals surface area contributed by atoms with Gasteiger partial charge in [-0.15, -0.1) is 0 Å². The van der Waals surface area contributed by atoms with Crippen LogP contribution in [0.15, 0.2) is 36.7 Å². The first-order valence-electron chi connectivity index (χ1n) is 6.73. The second kappa shape index (κ2) is 6.36. The van der Waals surface area contributed by atoms with Crippen LogP contribution in [0.25, 0.3) is 0 Å². The van der Waals surface area contributed by atoms with Gasteiger partial charge in [0.25, 0.3) is 0 Å². The summed E-state index contributed by atoms with van der Waals surface area (Å²) >= 11 is 3.41. The highest BCUT2D eigenvalue weighted by Gasteiger charge is 2.27. The first-order valence-corrected chi connectivity index (χ1v) is 7.85. The zero-order valence-electron chi connectivity index (χ0n) is 11.9. The molecule has 0 N–H and O–H groups in total. The lowest BCUT2D eigenvalue weighted by atomic mass is 10.1. The quantitative estimate of drug-likeness (QED) is 0.618. The molecule has 1 aromatic carbocycles. The highest BCUT2D eigenvalue weighted by atomic mass is 79.9. The smallest absolute Gasteiger partial charge is 0.341 e. The van der Waals surface area contributed by atoms with Crippen molar-refractivity contribution in [1.29, 1.82) is 0 Å². The molecule has 1 aliphatic heterocycles. The number of ether oxygens (including phenoxy) is 3. The Bertz CT molecular complexity index is 704. The summed E-state index contributed by atoms with van der Waals surface area (Å²) in [5, 5.41) is 0.727. The molecule has 0 aliphatic carbocycles. The van der Waals surface area contributed by atoms with Crippen LogP contribution in [0.1, 0.15) is 27.6 Å². The number of fused-ring (bicyclic) bond motifs is 1.